The van der Waals surface area contributed by atoms with E-state index in [1.165, 1.54) is 6.33 Å². The molecule has 2 aromatic rings. The molecule has 21 heavy (non-hydrogen) atoms. The molecule has 0 unspecified atom stereocenters. The number of benzene rings is 1. The molecule has 1 aromatic heterocycles. The van der Waals surface area contributed by atoms with Gasteiger partial charge in [-0.2, -0.15) is 0 Å². The minimum atomic E-state index is -0.104. The van der Waals surface area contributed by atoms with Gasteiger partial charge in [0.05, 0.1) is 7.11 Å². The van der Waals surface area contributed by atoms with Crippen LogP contribution in [0.4, 0.5) is 0 Å². The summed E-state index contributed by atoms with van der Waals surface area (Å²) < 4.78 is 11.7. The Morgan fingerprint density at radius 3 is 2.52 bits per heavy atom. The van der Waals surface area contributed by atoms with Crippen molar-refractivity contribution in [1.82, 2.24) is 9.97 Å². The minimum absolute atomic E-state index is 0.104. The van der Waals surface area contributed by atoms with Gasteiger partial charge in [-0.1, -0.05) is 32.4 Å². The van der Waals surface area contributed by atoms with E-state index < -0.39 is 0 Å². The van der Waals surface area contributed by atoms with Gasteiger partial charge < -0.3 is 9.47 Å². The summed E-state index contributed by atoms with van der Waals surface area (Å²) in [4.78, 5) is 7.99. The molecule has 0 N–H and O–H groups in total. The van der Waals surface area contributed by atoms with Crippen molar-refractivity contribution in [3.8, 4) is 17.4 Å². The smallest absolute Gasteiger partial charge is 0.238 e. The number of hydrogen-bond donors (Lipinski definition) is 0. The Bertz CT molecular complexity index is 657. The van der Waals surface area contributed by atoms with Crippen LogP contribution in [-0.4, -0.2) is 17.1 Å². The van der Waals surface area contributed by atoms with Crippen LogP contribution in [0.5, 0.6) is 17.4 Å². The molecule has 0 saturated carbocycles. The molecule has 0 aliphatic carbocycles. The maximum atomic E-state index is 5.96. The van der Waals surface area contributed by atoms with E-state index in [-0.39, 0.29) is 5.41 Å². The lowest BCUT2D eigenvalue weighted by atomic mass is 9.86. The van der Waals surface area contributed by atoms with Crippen molar-refractivity contribution >= 4 is 27.5 Å². The van der Waals surface area contributed by atoms with Gasteiger partial charge in [-0.25, -0.2) is 9.97 Å². The summed E-state index contributed by atoms with van der Waals surface area (Å²) in [5.74, 6) is 1.87. The molecule has 4 nitrogen and oxygen atoms in total. The molecule has 2 rings (SSSR count). The molecule has 0 aliphatic rings. The van der Waals surface area contributed by atoms with Crippen molar-refractivity contribution in [2.45, 2.75) is 26.2 Å². The molecule has 0 radical (unpaired) electrons. The quantitative estimate of drug-likeness (QED) is 0.713. The van der Waals surface area contributed by atoms with Crippen LogP contribution in [0, 0.1) is 0 Å². The zero-order chi connectivity index (χ0) is 15.6. The summed E-state index contributed by atoms with van der Waals surface area (Å²) in [6.45, 7) is 6.32. The first kappa shape index (κ1) is 16.0. The van der Waals surface area contributed by atoms with E-state index in [1.54, 1.807) is 7.11 Å². The fraction of sp³-hybridized carbons (Fsp3) is 0.333. The van der Waals surface area contributed by atoms with E-state index in [0.717, 1.165) is 11.3 Å². The van der Waals surface area contributed by atoms with Crippen LogP contribution in [0.2, 0.25) is 5.15 Å². The summed E-state index contributed by atoms with van der Waals surface area (Å²) >= 11 is 9.29. The Kier molecular flexibility index (Phi) is 4.74. The first-order valence-electron chi connectivity index (χ1n) is 6.35. The Labute approximate surface area is 137 Å². The lowest BCUT2D eigenvalue weighted by Crippen LogP contribution is -2.13. The van der Waals surface area contributed by atoms with Gasteiger partial charge in [0.15, 0.2) is 5.15 Å². The third-order valence-corrected chi connectivity index (χ3v) is 4.15. The first-order chi connectivity index (χ1) is 9.82. The summed E-state index contributed by atoms with van der Waals surface area (Å²) in [5, 5.41) is 0.311. The molecule has 1 aromatic carbocycles. The van der Waals surface area contributed by atoms with Crippen LogP contribution in [0.15, 0.2) is 29.0 Å². The van der Waals surface area contributed by atoms with E-state index in [1.807, 2.05) is 18.2 Å². The second-order valence-corrected chi connectivity index (χ2v) is 6.65. The normalized spacial score (nSPS) is 11.3. The number of halogens is 2. The Morgan fingerprint density at radius 1 is 1.19 bits per heavy atom. The largest absolute Gasteiger partial charge is 0.497 e. The van der Waals surface area contributed by atoms with Gasteiger partial charge in [0, 0.05) is 5.56 Å². The Hall–Kier alpha value is -1.33. The number of rotatable bonds is 3. The summed E-state index contributed by atoms with van der Waals surface area (Å²) in [7, 11) is 1.64. The maximum absolute atomic E-state index is 5.96. The number of ether oxygens (including phenoxy) is 2. The molecule has 112 valence electrons. The van der Waals surface area contributed by atoms with Gasteiger partial charge >= 0.3 is 0 Å². The monoisotopic (exact) mass is 370 g/mol. The highest BCUT2D eigenvalue weighted by molar-refractivity contribution is 9.10. The highest BCUT2D eigenvalue weighted by Gasteiger charge is 2.21. The van der Waals surface area contributed by atoms with Crippen molar-refractivity contribution in [3.63, 3.8) is 0 Å². The van der Waals surface area contributed by atoms with Crippen LogP contribution in [0.1, 0.15) is 26.3 Å². The van der Waals surface area contributed by atoms with Gasteiger partial charge in [0.25, 0.3) is 0 Å². The number of methoxy groups -OCH3 is 1. The average molecular weight is 372 g/mol. The summed E-state index contributed by atoms with van der Waals surface area (Å²) in [6.07, 6.45) is 1.36. The number of nitrogens with zero attached hydrogens (tertiary/aromatic N) is 2. The van der Waals surface area contributed by atoms with Gasteiger partial charge in [0.2, 0.25) is 5.88 Å². The Balaban J connectivity index is 2.46. The zero-order valence-corrected chi connectivity index (χ0v) is 14.6. The van der Waals surface area contributed by atoms with Crippen LogP contribution in [0.25, 0.3) is 0 Å². The summed E-state index contributed by atoms with van der Waals surface area (Å²) in [5.41, 5.74) is 0.913. The number of hydrogen-bond acceptors (Lipinski definition) is 4. The number of aromatic nitrogens is 2. The SMILES string of the molecule is COc1ccc(Oc2ncnc(Cl)c2Br)c(C(C)(C)C)c1. The van der Waals surface area contributed by atoms with Crippen LogP contribution < -0.4 is 9.47 Å². The Morgan fingerprint density at radius 2 is 1.90 bits per heavy atom. The molecule has 0 fully saturated rings. The molecule has 1 heterocycles. The lowest BCUT2D eigenvalue weighted by Gasteiger charge is -2.23. The molecular formula is C15H16BrClN2O2. The average Bonchev–Trinajstić information content (AvgIpc) is 2.43. The van der Waals surface area contributed by atoms with E-state index in [9.17, 15) is 0 Å². The zero-order valence-electron chi connectivity index (χ0n) is 12.3. The van der Waals surface area contributed by atoms with E-state index in [0.29, 0.717) is 21.3 Å². The van der Waals surface area contributed by atoms with Crippen LogP contribution >= 0.6 is 27.5 Å². The minimum Gasteiger partial charge on any atom is -0.497 e. The van der Waals surface area contributed by atoms with Crippen LogP contribution in [-0.2, 0) is 5.41 Å². The fourth-order valence-electron chi connectivity index (χ4n) is 1.82. The second kappa shape index (κ2) is 6.20. The predicted octanol–water partition coefficient (Wildman–Crippen LogP) is 4.99. The standard InChI is InChI=1S/C15H16BrClN2O2/c1-15(2,3)10-7-9(20-4)5-6-11(10)21-14-12(16)13(17)18-8-19-14/h5-8H,1-4H3. The highest BCUT2D eigenvalue weighted by atomic mass is 79.9. The molecule has 0 aliphatic heterocycles. The molecule has 0 spiro atoms. The molecule has 6 heteroatoms. The molecule has 0 atom stereocenters. The third-order valence-electron chi connectivity index (χ3n) is 2.92. The molecule has 0 bridgehead atoms. The predicted molar refractivity (Wildman–Crippen MR) is 86.5 cm³/mol. The molecular weight excluding hydrogens is 356 g/mol. The second-order valence-electron chi connectivity index (χ2n) is 5.50. The van der Waals surface area contributed by atoms with Gasteiger partial charge in [-0.05, 0) is 39.5 Å². The summed E-state index contributed by atoms with van der Waals surface area (Å²) in [6, 6.07) is 5.68. The fourth-order valence-corrected chi connectivity index (χ4v) is 2.23. The van der Waals surface area contributed by atoms with E-state index in [2.05, 4.69) is 46.7 Å². The topological polar surface area (TPSA) is 44.2 Å². The maximum Gasteiger partial charge on any atom is 0.238 e. The van der Waals surface area contributed by atoms with Crippen molar-refractivity contribution in [2.24, 2.45) is 0 Å². The van der Waals surface area contributed by atoms with Gasteiger partial charge in [0.1, 0.15) is 22.3 Å². The van der Waals surface area contributed by atoms with Crippen molar-refractivity contribution in [1.29, 1.82) is 0 Å². The van der Waals surface area contributed by atoms with Gasteiger partial charge in [-0.15, -0.1) is 0 Å². The van der Waals surface area contributed by atoms with E-state index in [4.69, 9.17) is 21.1 Å². The van der Waals surface area contributed by atoms with Gasteiger partial charge in [-0.3, -0.25) is 0 Å². The lowest BCUT2D eigenvalue weighted by molar-refractivity contribution is 0.404. The first-order valence-corrected chi connectivity index (χ1v) is 7.52. The highest BCUT2D eigenvalue weighted by Crippen LogP contribution is 2.38. The van der Waals surface area contributed by atoms with Crippen molar-refractivity contribution in [3.05, 3.63) is 39.7 Å². The van der Waals surface area contributed by atoms with Crippen molar-refractivity contribution < 1.29 is 9.47 Å². The third kappa shape index (κ3) is 3.66. The molecule has 0 amide bonds. The molecule has 0 saturated heterocycles. The van der Waals surface area contributed by atoms with Crippen molar-refractivity contribution in [2.75, 3.05) is 7.11 Å². The van der Waals surface area contributed by atoms with Crippen LogP contribution in [0.3, 0.4) is 0 Å². The van der Waals surface area contributed by atoms with E-state index >= 15 is 0 Å².